The molecule has 3 rings (SSSR count). The van der Waals surface area contributed by atoms with Gasteiger partial charge in [0.2, 0.25) is 0 Å². The summed E-state index contributed by atoms with van der Waals surface area (Å²) in [6.45, 7) is 3.82. The molecule has 0 fully saturated rings. The number of halogens is 1. The molecule has 1 heterocycles. The summed E-state index contributed by atoms with van der Waals surface area (Å²) in [4.78, 5) is 4.46. The first kappa shape index (κ1) is 12.9. The number of nitrogen functional groups attached to an aromatic ring is 1. The monoisotopic (exact) mass is 287 g/mol. The van der Waals surface area contributed by atoms with E-state index >= 15 is 0 Å². The lowest BCUT2D eigenvalue weighted by atomic mass is 10.1. The van der Waals surface area contributed by atoms with Crippen LogP contribution >= 0.6 is 11.3 Å². The molecule has 0 radical (unpaired) electrons. The molecule has 0 amide bonds. The molecule has 0 spiro atoms. The van der Waals surface area contributed by atoms with E-state index in [0.717, 1.165) is 32.2 Å². The van der Waals surface area contributed by atoms with Crippen molar-refractivity contribution in [2.24, 2.45) is 0 Å². The third-order valence-corrected chi connectivity index (χ3v) is 4.06. The summed E-state index contributed by atoms with van der Waals surface area (Å²) in [5, 5.41) is 4.25. The van der Waals surface area contributed by atoms with E-state index in [-0.39, 0.29) is 5.82 Å². The number of nitrogens with two attached hydrogens (primary N) is 1. The molecular formula is C15H14FN3S. The second kappa shape index (κ2) is 4.76. The molecule has 20 heavy (non-hydrogen) atoms. The normalized spacial score (nSPS) is 10.9. The lowest BCUT2D eigenvalue weighted by Crippen LogP contribution is -1.98. The van der Waals surface area contributed by atoms with Gasteiger partial charge in [0.05, 0.1) is 26.6 Å². The van der Waals surface area contributed by atoms with E-state index in [1.807, 2.05) is 26.0 Å². The number of anilines is 3. The second-order valence-electron chi connectivity index (χ2n) is 4.72. The Morgan fingerprint density at radius 1 is 1.15 bits per heavy atom. The summed E-state index contributed by atoms with van der Waals surface area (Å²) >= 11 is 1.62. The van der Waals surface area contributed by atoms with Gasteiger partial charge in [-0.05, 0) is 49.7 Å². The number of aryl methyl sites for hydroxylation is 2. The van der Waals surface area contributed by atoms with Gasteiger partial charge in [-0.25, -0.2) is 9.37 Å². The van der Waals surface area contributed by atoms with Crippen LogP contribution in [0.2, 0.25) is 0 Å². The molecular weight excluding hydrogens is 273 g/mol. The highest BCUT2D eigenvalue weighted by molar-refractivity contribution is 7.18. The lowest BCUT2D eigenvalue weighted by molar-refractivity contribution is 0.627. The van der Waals surface area contributed by atoms with Crippen LogP contribution in [0, 0.1) is 19.7 Å². The van der Waals surface area contributed by atoms with E-state index in [9.17, 15) is 4.39 Å². The molecule has 0 unspecified atom stereocenters. The maximum absolute atomic E-state index is 13.1. The third kappa shape index (κ3) is 2.32. The van der Waals surface area contributed by atoms with E-state index in [1.54, 1.807) is 17.4 Å². The molecule has 3 N–H and O–H groups in total. The summed E-state index contributed by atoms with van der Waals surface area (Å²) < 4.78 is 14.2. The minimum atomic E-state index is -0.244. The minimum absolute atomic E-state index is 0.244. The smallest absolute Gasteiger partial charge is 0.123 e. The van der Waals surface area contributed by atoms with Gasteiger partial charge >= 0.3 is 0 Å². The maximum atomic E-state index is 13.1. The van der Waals surface area contributed by atoms with Crippen LogP contribution in [0.25, 0.3) is 10.2 Å². The van der Waals surface area contributed by atoms with Crippen LogP contribution in [0.3, 0.4) is 0 Å². The second-order valence-corrected chi connectivity index (χ2v) is 5.96. The number of nitrogens with zero attached hydrogens (tertiary/aromatic N) is 1. The molecule has 0 aliphatic heterocycles. The minimum Gasteiger partial charge on any atom is -0.397 e. The topological polar surface area (TPSA) is 50.9 Å². The Hall–Kier alpha value is -2.14. The molecule has 0 aliphatic carbocycles. The molecule has 0 saturated heterocycles. The third-order valence-electron chi connectivity index (χ3n) is 3.12. The largest absolute Gasteiger partial charge is 0.397 e. The molecule has 0 aliphatic rings. The molecule has 5 heteroatoms. The quantitative estimate of drug-likeness (QED) is 0.688. The average molecular weight is 287 g/mol. The summed E-state index contributed by atoms with van der Waals surface area (Å²) in [6.07, 6.45) is 0. The van der Waals surface area contributed by atoms with Gasteiger partial charge in [-0.15, -0.1) is 11.3 Å². The number of thiazole rings is 1. The molecule has 1 aromatic heterocycles. The zero-order valence-corrected chi connectivity index (χ0v) is 12.0. The van der Waals surface area contributed by atoms with Crippen molar-refractivity contribution < 1.29 is 4.39 Å². The van der Waals surface area contributed by atoms with Gasteiger partial charge in [0.15, 0.2) is 0 Å². The Kier molecular flexibility index (Phi) is 3.06. The summed E-state index contributed by atoms with van der Waals surface area (Å²) in [5.41, 5.74) is 10.1. The molecule has 0 atom stereocenters. The van der Waals surface area contributed by atoms with Crippen LogP contribution in [0.1, 0.15) is 10.6 Å². The van der Waals surface area contributed by atoms with Crippen LogP contribution in [0.15, 0.2) is 30.3 Å². The summed E-state index contributed by atoms with van der Waals surface area (Å²) in [5.74, 6) is -0.244. The highest BCUT2D eigenvalue weighted by atomic mass is 32.1. The van der Waals surface area contributed by atoms with Crippen LogP contribution < -0.4 is 11.1 Å². The molecule has 0 bridgehead atoms. The van der Waals surface area contributed by atoms with Crippen LogP contribution in [-0.2, 0) is 0 Å². The molecule has 102 valence electrons. The van der Waals surface area contributed by atoms with Crippen LogP contribution in [0.4, 0.5) is 21.5 Å². The fourth-order valence-corrected chi connectivity index (χ4v) is 2.98. The zero-order valence-electron chi connectivity index (χ0n) is 11.2. The van der Waals surface area contributed by atoms with E-state index in [1.165, 1.54) is 12.1 Å². The van der Waals surface area contributed by atoms with Crippen molar-refractivity contribution in [2.45, 2.75) is 13.8 Å². The first-order valence-electron chi connectivity index (χ1n) is 6.23. The van der Waals surface area contributed by atoms with Crippen molar-refractivity contribution in [3.05, 3.63) is 46.7 Å². The highest BCUT2D eigenvalue weighted by Crippen LogP contribution is 2.32. The van der Waals surface area contributed by atoms with Gasteiger partial charge < -0.3 is 11.1 Å². The number of rotatable bonds is 2. The van der Waals surface area contributed by atoms with Gasteiger partial charge in [-0.1, -0.05) is 0 Å². The van der Waals surface area contributed by atoms with E-state index in [0.29, 0.717) is 5.69 Å². The predicted octanol–water partition coefficient (Wildman–Crippen LogP) is 4.38. The van der Waals surface area contributed by atoms with Gasteiger partial charge in [0.1, 0.15) is 5.82 Å². The van der Waals surface area contributed by atoms with Gasteiger partial charge in [0, 0.05) is 5.69 Å². The van der Waals surface area contributed by atoms with Crippen molar-refractivity contribution in [3.63, 3.8) is 0 Å². The number of fused-ring (bicyclic) bond motifs is 1. The Morgan fingerprint density at radius 3 is 2.70 bits per heavy atom. The highest BCUT2D eigenvalue weighted by Gasteiger charge is 2.08. The fraction of sp³-hybridized carbons (Fsp3) is 0.133. The predicted molar refractivity (Wildman–Crippen MR) is 83.2 cm³/mol. The van der Waals surface area contributed by atoms with Gasteiger partial charge in [0.25, 0.3) is 0 Å². The maximum Gasteiger partial charge on any atom is 0.123 e. The average Bonchev–Trinajstić information content (AvgIpc) is 2.72. The first-order chi connectivity index (χ1) is 9.52. The van der Waals surface area contributed by atoms with Crippen molar-refractivity contribution >= 4 is 38.6 Å². The van der Waals surface area contributed by atoms with Crippen molar-refractivity contribution in [2.75, 3.05) is 11.1 Å². The van der Waals surface area contributed by atoms with Gasteiger partial charge in [-0.2, -0.15) is 0 Å². The van der Waals surface area contributed by atoms with E-state index in [4.69, 9.17) is 5.73 Å². The van der Waals surface area contributed by atoms with Crippen LogP contribution in [0.5, 0.6) is 0 Å². The number of hydrogen-bond acceptors (Lipinski definition) is 4. The van der Waals surface area contributed by atoms with E-state index in [2.05, 4.69) is 10.3 Å². The Bertz CT molecular complexity index is 795. The fourth-order valence-electron chi connectivity index (χ4n) is 2.13. The van der Waals surface area contributed by atoms with Crippen molar-refractivity contribution in [1.82, 2.24) is 4.98 Å². The molecule has 0 saturated carbocycles. The SMILES string of the molecule is Cc1nc2cc(Nc3ccc(F)cc3C)c(N)cc2s1. The summed E-state index contributed by atoms with van der Waals surface area (Å²) in [6, 6.07) is 8.47. The van der Waals surface area contributed by atoms with Gasteiger partial charge in [-0.3, -0.25) is 0 Å². The number of hydrogen-bond donors (Lipinski definition) is 2. The number of benzene rings is 2. The zero-order chi connectivity index (χ0) is 14.3. The number of aromatic nitrogens is 1. The molecule has 3 nitrogen and oxygen atoms in total. The van der Waals surface area contributed by atoms with Crippen molar-refractivity contribution in [1.29, 1.82) is 0 Å². The van der Waals surface area contributed by atoms with Crippen molar-refractivity contribution in [3.8, 4) is 0 Å². The van der Waals surface area contributed by atoms with E-state index < -0.39 is 0 Å². The molecule has 3 aromatic rings. The Labute approximate surface area is 120 Å². The Morgan fingerprint density at radius 2 is 1.95 bits per heavy atom. The Balaban J connectivity index is 2.03. The summed E-state index contributed by atoms with van der Waals surface area (Å²) in [7, 11) is 0. The molecule has 2 aromatic carbocycles. The number of nitrogens with one attached hydrogen (secondary N) is 1. The standard InChI is InChI=1S/C15H14FN3S/c1-8-5-10(16)3-4-12(8)19-13-7-14-15(6-11(13)17)20-9(2)18-14/h3-7,19H,17H2,1-2H3. The lowest BCUT2D eigenvalue weighted by Gasteiger charge is -2.11. The first-order valence-corrected chi connectivity index (χ1v) is 7.04. The van der Waals surface area contributed by atoms with Crippen LogP contribution in [-0.4, -0.2) is 4.98 Å².